The number of ether oxygens (including phenoxy) is 1. The monoisotopic (exact) mass is 263 g/mol. The minimum atomic E-state index is -0.0903. The maximum Gasteiger partial charge on any atom is 0.309 e. The van der Waals surface area contributed by atoms with Gasteiger partial charge in [-0.3, -0.25) is 4.79 Å². The molecule has 1 aromatic rings. The van der Waals surface area contributed by atoms with E-state index in [4.69, 9.17) is 9.84 Å². The highest BCUT2D eigenvalue weighted by atomic mass is 16.5. The molecule has 1 aliphatic rings. The highest BCUT2D eigenvalue weighted by Gasteiger charge is 2.25. The second-order valence-corrected chi connectivity index (χ2v) is 4.93. The molecule has 0 unspecified atom stereocenters. The number of benzene rings is 1. The van der Waals surface area contributed by atoms with Gasteiger partial charge in [0.25, 0.3) is 0 Å². The van der Waals surface area contributed by atoms with Gasteiger partial charge in [-0.2, -0.15) is 0 Å². The lowest BCUT2D eigenvalue weighted by atomic mass is 9.97. The second-order valence-electron chi connectivity index (χ2n) is 4.93. The molecule has 1 saturated heterocycles. The van der Waals surface area contributed by atoms with E-state index >= 15 is 0 Å². The summed E-state index contributed by atoms with van der Waals surface area (Å²) < 4.78 is 5.36. The van der Waals surface area contributed by atoms with Crippen molar-refractivity contribution in [3.05, 3.63) is 35.9 Å². The number of β-amino-alcohol motifs (C(OH)–C–C–N with tert-alkyl or cyclic N) is 1. The SMILES string of the molecule is O=C(OCc1ccccc1)C1CCN(CCO)CC1. The molecule has 0 spiro atoms. The summed E-state index contributed by atoms with van der Waals surface area (Å²) in [6, 6.07) is 9.74. The third kappa shape index (κ3) is 4.33. The van der Waals surface area contributed by atoms with Crippen LogP contribution in [0.2, 0.25) is 0 Å². The van der Waals surface area contributed by atoms with Crippen molar-refractivity contribution in [2.45, 2.75) is 19.4 Å². The van der Waals surface area contributed by atoms with Crippen LogP contribution in [0.15, 0.2) is 30.3 Å². The van der Waals surface area contributed by atoms with Gasteiger partial charge < -0.3 is 14.7 Å². The smallest absolute Gasteiger partial charge is 0.309 e. The Morgan fingerprint density at radius 2 is 1.95 bits per heavy atom. The summed E-state index contributed by atoms with van der Waals surface area (Å²) in [5.41, 5.74) is 1.02. The standard InChI is InChI=1S/C15H21NO3/c17-11-10-16-8-6-14(7-9-16)15(18)19-12-13-4-2-1-3-5-13/h1-5,14,17H,6-12H2. The Bertz CT molecular complexity index is 386. The van der Waals surface area contributed by atoms with E-state index in [1.54, 1.807) is 0 Å². The third-order valence-electron chi connectivity index (χ3n) is 3.56. The molecule has 104 valence electrons. The van der Waals surface area contributed by atoms with Crippen LogP contribution in [0.4, 0.5) is 0 Å². The number of aliphatic hydroxyl groups excluding tert-OH is 1. The van der Waals surface area contributed by atoms with Gasteiger partial charge >= 0.3 is 5.97 Å². The zero-order valence-electron chi connectivity index (χ0n) is 11.1. The zero-order chi connectivity index (χ0) is 13.5. The second kappa shape index (κ2) is 7.26. The zero-order valence-corrected chi connectivity index (χ0v) is 11.1. The van der Waals surface area contributed by atoms with Gasteiger partial charge in [-0.15, -0.1) is 0 Å². The summed E-state index contributed by atoms with van der Waals surface area (Å²) in [5.74, 6) is -0.0776. The van der Waals surface area contributed by atoms with Crippen molar-refractivity contribution in [2.24, 2.45) is 5.92 Å². The molecule has 0 aliphatic carbocycles. The fourth-order valence-electron chi connectivity index (χ4n) is 2.38. The Kier molecular flexibility index (Phi) is 5.36. The number of nitrogens with zero attached hydrogens (tertiary/aromatic N) is 1. The molecule has 1 fully saturated rings. The Morgan fingerprint density at radius 3 is 2.58 bits per heavy atom. The number of hydrogen-bond acceptors (Lipinski definition) is 4. The normalized spacial score (nSPS) is 17.3. The number of carbonyl (C=O) groups excluding carboxylic acids is 1. The molecule has 0 atom stereocenters. The average Bonchev–Trinajstić information content (AvgIpc) is 2.47. The summed E-state index contributed by atoms with van der Waals surface area (Å²) in [6.45, 7) is 2.97. The summed E-state index contributed by atoms with van der Waals surface area (Å²) >= 11 is 0. The summed E-state index contributed by atoms with van der Waals surface area (Å²) in [4.78, 5) is 14.1. The van der Waals surface area contributed by atoms with Crippen molar-refractivity contribution in [3.63, 3.8) is 0 Å². The van der Waals surface area contributed by atoms with Crippen molar-refractivity contribution < 1.29 is 14.6 Å². The van der Waals surface area contributed by atoms with Crippen molar-refractivity contribution in [1.29, 1.82) is 0 Å². The molecule has 1 heterocycles. The van der Waals surface area contributed by atoms with Crippen molar-refractivity contribution in [3.8, 4) is 0 Å². The molecule has 1 aromatic carbocycles. The molecule has 0 bridgehead atoms. The third-order valence-corrected chi connectivity index (χ3v) is 3.56. The number of likely N-dealkylation sites (tertiary alicyclic amines) is 1. The fraction of sp³-hybridized carbons (Fsp3) is 0.533. The Hall–Kier alpha value is -1.39. The van der Waals surface area contributed by atoms with Gasteiger partial charge in [-0.1, -0.05) is 30.3 Å². The van der Waals surface area contributed by atoms with Gasteiger partial charge in [-0.05, 0) is 31.5 Å². The maximum atomic E-state index is 11.9. The first-order valence-corrected chi connectivity index (χ1v) is 6.83. The lowest BCUT2D eigenvalue weighted by Crippen LogP contribution is -2.38. The Morgan fingerprint density at radius 1 is 1.26 bits per heavy atom. The van der Waals surface area contributed by atoms with Crippen molar-refractivity contribution in [2.75, 3.05) is 26.2 Å². The Balaban J connectivity index is 1.73. The first-order valence-electron chi connectivity index (χ1n) is 6.83. The molecule has 4 nitrogen and oxygen atoms in total. The van der Waals surface area contributed by atoms with Crippen LogP contribution >= 0.6 is 0 Å². The van der Waals surface area contributed by atoms with E-state index in [0.717, 1.165) is 31.5 Å². The summed E-state index contributed by atoms with van der Waals surface area (Å²) in [5, 5.41) is 8.87. The molecule has 0 saturated carbocycles. The molecule has 1 aliphatic heterocycles. The predicted molar refractivity (Wildman–Crippen MR) is 72.5 cm³/mol. The molecule has 0 aromatic heterocycles. The number of rotatable bonds is 5. The molecule has 4 heteroatoms. The van der Waals surface area contributed by atoms with E-state index in [1.165, 1.54) is 0 Å². The number of carbonyl (C=O) groups is 1. The van der Waals surface area contributed by atoms with Crippen LogP contribution in [0.3, 0.4) is 0 Å². The summed E-state index contributed by atoms with van der Waals surface area (Å²) in [6.07, 6.45) is 1.65. The van der Waals surface area contributed by atoms with E-state index in [0.29, 0.717) is 13.2 Å². The number of hydrogen-bond donors (Lipinski definition) is 1. The van der Waals surface area contributed by atoms with Gasteiger partial charge in [0, 0.05) is 6.54 Å². The largest absolute Gasteiger partial charge is 0.461 e. The number of esters is 1. The molecule has 1 N–H and O–H groups in total. The van der Waals surface area contributed by atoms with Crippen molar-refractivity contribution in [1.82, 2.24) is 4.90 Å². The molecule has 0 radical (unpaired) electrons. The van der Waals surface area contributed by atoms with Gasteiger partial charge in [0.1, 0.15) is 6.61 Å². The van der Waals surface area contributed by atoms with Crippen LogP contribution in [-0.4, -0.2) is 42.2 Å². The van der Waals surface area contributed by atoms with Crippen LogP contribution in [0.1, 0.15) is 18.4 Å². The topological polar surface area (TPSA) is 49.8 Å². The van der Waals surface area contributed by atoms with Gasteiger partial charge in [0.05, 0.1) is 12.5 Å². The molecular formula is C15H21NO3. The van der Waals surface area contributed by atoms with Gasteiger partial charge in [-0.25, -0.2) is 0 Å². The van der Waals surface area contributed by atoms with Crippen molar-refractivity contribution >= 4 is 5.97 Å². The molecular weight excluding hydrogens is 242 g/mol. The Labute approximate surface area is 114 Å². The highest BCUT2D eigenvalue weighted by Crippen LogP contribution is 2.19. The highest BCUT2D eigenvalue weighted by molar-refractivity contribution is 5.72. The number of piperidine rings is 1. The van der Waals surface area contributed by atoms with E-state index in [1.807, 2.05) is 30.3 Å². The van der Waals surface area contributed by atoms with Crippen LogP contribution in [0.25, 0.3) is 0 Å². The quantitative estimate of drug-likeness (QED) is 0.817. The first-order chi connectivity index (χ1) is 9.29. The van der Waals surface area contributed by atoms with Crippen LogP contribution in [0, 0.1) is 5.92 Å². The lowest BCUT2D eigenvalue weighted by Gasteiger charge is -2.30. The maximum absolute atomic E-state index is 11.9. The lowest BCUT2D eigenvalue weighted by molar-refractivity contribution is -0.151. The van der Waals surface area contributed by atoms with Crippen LogP contribution in [0.5, 0.6) is 0 Å². The summed E-state index contributed by atoms with van der Waals surface area (Å²) in [7, 11) is 0. The fourth-order valence-corrected chi connectivity index (χ4v) is 2.38. The molecule has 19 heavy (non-hydrogen) atoms. The van der Waals surface area contributed by atoms with Crippen LogP contribution < -0.4 is 0 Å². The van der Waals surface area contributed by atoms with E-state index in [9.17, 15) is 4.79 Å². The minimum Gasteiger partial charge on any atom is -0.461 e. The van der Waals surface area contributed by atoms with Crippen LogP contribution in [-0.2, 0) is 16.1 Å². The van der Waals surface area contributed by atoms with E-state index in [2.05, 4.69) is 4.90 Å². The average molecular weight is 263 g/mol. The van der Waals surface area contributed by atoms with Gasteiger partial charge in [0.15, 0.2) is 0 Å². The number of aliphatic hydroxyl groups is 1. The van der Waals surface area contributed by atoms with E-state index < -0.39 is 0 Å². The molecule has 0 amide bonds. The van der Waals surface area contributed by atoms with Gasteiger partial charge in [0.2, 0.25) is 0 Å². The first kappa shape index (κ1) is 14.0. The predicted octanol–water partition coefficient (Wildman–Crippen LogP) is 1.43. The molecule has 2 rings (SSSR count). The van der Waals surface area contributed by atoms with E-state index in [-0.39, 0.29) is 18.5 Å². The minimum absolute atomic E-state index is 0.0126.